The summed E-state index contributed by atoms with van der Waals surface area (Å²) in [4.78, 5) is 18.3. The molecule has 6 heteroatoms. The molecule has 0 amide bonds. The molecule has 1 saturated heterocycles. The predicted octanol–water partition coefficient (Wildman–Crippen LogP) is 1.48. The highest BCUT2D eigenvalue weighted by atomic mass is 16.5. The van der Waals surface area contributed by atoms with Crippen molar-refractivity contribution >= 4 is 5.97 Å². The molecule has 1 aliphatic heterocycles. The molecule has 0 aliphatic carbocycles. The Kier molecular flexibility index (Phi) is 5.38. The van der Waals surface area contributed by atoms with Gasteiger partial charge in [0.2, 0.25) is 0 Å². The molecule has 0 unspecified atom stereocenters. The summed E-state index contributed by atoms with van der Waals surface area (Å²) >= 11 is 0. The van der Waals surface area contributed by atoms with Crippen molar-refractivity contribution < 1.29 is 19.0 Å². The fourth-order valence-corrected chi connectivity index (χ4v) is 2.73. The first-order chi connectivity index (χ1) is 10.2. The van der Waals surface area contributed by atoms with Crippen molar-refractivity contribution in [3.8, 4) is 11.5 Å². The average Bonchev–Trinajstić information content (AvgIpc) is 2.54. The van der Waals surface area contributed by atoms with E-state index in [1.807, 2.05) is 0 Å². The van der Waals surface area contributed by atoms with Crippen LogP contribution < -0.4 is 9.47 Å². The third kappa shape index (κ3) is 3.64. The quantitative estimate of drug-likeness (QED) is 0.767. The molecule has 0 radical (unpaired) electrons. The summed E-state index contributed by atoms with van der Waals surface area (Å²) in [7, 11) is 4.65. The van der Waals surface area contributed by atoms with Gasteiger partial charge in [0.1, 0.15) is 5.69 Å². The van der Waals surface area contributed by atoms with Crippen LogP contribution in [0.5, 0.6) is 11.5 Å². The number of likely N-dealkylation sites (tertiary alicyclic amines) is 1. The Hall–Kier alpha value is -1.82. The van der Waals surface area contributed by atoms with Gasteiger partial charge in [-0.25, -0.2) is 0 Å². The van der Waals surface area contributed by atoms with E-state index in [9.17, 15) is 4.79 Å². The molecule has 0 aromatic carbocycles. The first-order valence-electron chi connectivity index (χ1n) is 7.05. The minimum Gasteiger partial charge on any atom is -0.493 e. The van der Waals surface area contributed by atoms with E-state index in [1.165, 1.54) is 7.11 Å². The fourth-order valence-electron chi connectivity index (χ4n) is 2.73. The molecule has 1 aromatic heterocycles. The molecule has 6 nitrogen and oxygen atoms in total. The van der Waals surface area contributed by atoms with Crippen LogP contribution in [-0.4, -0.2) is 50.3 Å². The van der Waals surface area contributed by atoms with Gasteiger partial charge in [0, 0.05) is 25.4 Å². The molecule has 0 spiro atoms. The minimum absolute atomic E-state index is 0.0552. The van der Waals surface area contributed by atoms with E-state index >= 15 is 0 Å². The lowest BCUT2D eigenvalue weighted by Crippen LogP contribution is -2.38. The molecule has 0 saturated carbocycles. The van der Waals surface area contributed by atoms with Gasteiger partial charge in [-0.3, -0.25) is 14.7 Å². The molecule has 0 bridgehead atoms. The minimum atomic E-state index is -0.134. The van der Waals surface area contributed by atoms with Gasteiger partial charge in [-0.05, 0) is 19.4 Å². The Balaban J connectivity index is 2.09. The number of hydrogen-bond donors (Lipinski definition) is 0. The second-order valence-electron chi connectivity index (χ2n) is 5.09. The van der Waals surface area contributed by atoms with Gasteiger partial charge < -0.3 is 14.2 Å². The first-order valence-corrected chi connectivity index (χ1v) is 7.05. The number of carbonyl (C=O) groups excluding carboxylic acids is 1. The third-order valence-electron chi connectivity index (χ3n) is 3.78. The standard InChI is InChI=1S/C15H22N2O4/c1-19-13-6-7-16-12(14(13)20-2)10-17-8-4-5-11(9-17)15(18)21-3/h6-7,11H,4-5,8-10H2,1-3H3/t11-/m0/s1. The average molecular weight is 294 g/mol. The van der Waals surface area contributed by atoms with E-state index in [-0.39, 0.29) is 11.9 Å². The van der Waals surface area contributed by atoms with Crippen molar-refractivity contribution in [2.24, 2.45) is 5.92 Å². The van der Waals surface area contributed by atoms with E-state index in [0.29, 0.717) is 24.6 Å². The molecule has 1 atom stereocenters. The van der Waals surface area contributed by atoms with Crippen LogP contribution in [0.2, 0.25) is 0 Å². The van der Waals surface area contributed by atoms with Gasteiger partial charge in [-0.15, -0.1) is 0 Å². The van der Waals surface area contributed by atoms with Gasteiger partial charge >= 0.3 is 5.97 Å². The molecule has 2 heterocycles. The maximum atomic E-state index is 11.7. The maximum absolute atomic E-state index is 11.7. The lowest BCUT2D eigenvalue weighted by atomic mass is 9.98. The van der Waals surface area contributed by atoms with E-state index in [1.54, 1.807) is 26.5 Å². The van der Waals surface area contributed by atoms with E-state index < -0.39 is 0 Å². The number of ether oxygens (including phenoxy) is 3. The Morgan fingerprint density at radius 1 is 1.38 bits per heavy atom. The van der Waals surface area contributed by atoms with Gasteiger partial charge in [0.25, 0.3) is 0 Å². The Bertz CT molecular complexity index is 493. The number of hydrogen-bond acceptors (Lipinski definition) is 6. The number of aromatic nitrogens is 1. The molecule has 116 valence electrons. The van der Waals surface area contributed by atoms with Crippen molar-refractivity contribution in [2.45, 2.75) is 19.4 Å². The molecule has 1 fully saturated rings. The molecular weight excluding hydrogens is 272 g/mol. The molecule has 21 heavy (non-hydrogen) atoms. The van der Waals surface area contributed by atoms with E-state index in [2.05, 4.69) is 9.88 Å². The summed E-state index contributed by atoms with van der Waals surface area (Å²) < 4.78 is 15.5. The lowest BCUT2D eigenvalue weighted by molar-refractivity contribution is -0.147. The highest BCUT2D eigenvalue weighted by Crippen LogP contribution is 2.30. The molecular formula is C15H22N2O4. The summed E-state index contributed by atoms with van der Waals surface area (Å²) in [6, 6.07) is 1.77. The molecule has 1 aliphatic rings. The summed E-state index contributed by atoms with van der Waals surface area (Å²) in [5, 5.41) is 0. The zero-order valence-corrected chi connectivity index (χ0v) is 12.8. The summed E-state index contributed by atoms with van der Waals surface area (Å²) in [5.74, 6) is 1.13. The number of pyridine rings is 1. The van der Waals surface area contributed by atoms with Crippen LogP contribution in [0, 0.1) is 5.92 Å². The summed E-state index contributed by atoms with van der Waals surface area (Å²) in [6.07, 6.45) is 3.57. The fraction of sp³-hybridized carbons (Fsp3) is 0.600. The van der Waals surface area contributed by atoms with Crippen LogP contribution in [0.3, 0.4) is 0 Å². The van der Waals surface area contributed by atoms with Crippen LogP contribution in [0.4, 0.5) is 0 Å². The zero-order chi connectivity index (χ0) is 15.2. The topological polar surface area (TPSA) is 60.9 Å². The van der Waals surface area contributed by atoms with Crippen molar-refractivity contribution in [2.75, 3.05) is 34.4 Å². The summed E-state index contributed by atoms with van der Waals surface area (Å²) in [5.41, 5.74) is 0.822. The second-order valence-corrected chi connectivity index (χ2v) is 5.09. The van der Waals surface area contributed by atoms with Crippen LogP contribution in [0.25, 0.3) is 0 Å². The first kappa shape index (κ1) is 15.6. The predicted molar refractivity (Wildman–Crippen MR) is 77.4 cm³/mol. The molecule has 1 aromatic rings. The maximum Gasteiger partial charge on any atom is 0.309 e. The zero-order valence-electron chi connectivity index (χ0n) is 12.8. The SMILES string of the molecule is COC(=O)[C@H]1CCCN(Cc2nccc(OC)c2OC)C1. The number of methoxy groups -OCH3 is 3. The highest BCUT2D eigenvalue weighted by molar-refractivity contribution is 5.72. The Morgan fingerprint density at radius 3 is 2.86 bits per heavy atom. The highest BCUT2D eigenvalue weighted by Gasteiger charge is 2.27. The van der Waals surface area contributed by atoms with Crippen molar-refractivity contribution in [3.63, 3.8) is 0 Å². The van der Waals surface area contributed by atoms with Crippen molar-refractivity contribution in [1.82, 2.24) is 9.88 Å². The monoisotopic (exact) mass is 294 g/mol. The van der Waals surface area contributed by atoms with Gasteiger partial charge in [-0.1, -0.05) is 0 Å². The van der Waals surface area contributed by atoms with Crippen LogP contribution >= 0.6 is 0 Å². The number of nitrogens with zero attached hydrogens (tertiary/aromatic N) is 2. The molecule has 2 rings (SSSR count). The third-order valence-corrected chi connectivity index (χ3v) is 3.78. The van der Waals surface area contributed by atoms with Crippen LogP contribution in [-0.2, 0) is 16.1 Å². The van der Waals surface area contributed by atoms with Gasteiger partial charge in [0.05, 0.1) is 27.2 Å². The van der Waals surface area contributed by atoms with Crippen molar-refractivity contribution in [3.05, 3.63) is 18.0 Å². The lowest BCUT2D eigenvalue weighted by Gasteiger charge is -2.31. The van der Waals surface area contributed by atoms with Crippen LogP contribution in [0.15, 0.2) is 12.3 Å². The number of esters is 1. The van der Waals surface area contributed by atoms with Gasteiger partial charge in [0.15, 0.2) is 11.5 Å². The normalized spacial score (nSPS) is 19.1. The number of carbonyl (C=O) groups is 1. The Morgan fingerprint density at radius 2 is 2.19 bits per heavy atom. The Labute approximate surface area is 125 Å². The second kappa shape index (κ2) is 7.26. The smallest absolute Gasteiger partial charge is 0.309 e. The van der Waals surface area contributed by atoms with Crippen molar-refractivity contribution in [1.29, 1.82) is 0 Å². The molecule has 0 N–H and O–H groups in total. The van der Waals surface area contributed by atoms with Crippen LogP contribution in [0.1, 0.15) is 18.5 Å². The van der Waals surface area contributed by atoms with Gasteiger partial charge in [-0.2, -0.15) is 0 Å². The summed E-state index contributed by atoms with van der Waals surface area (Å²) in [6.45, 7) is 2.26. The number of piperidine rings is 1. The van der Waals surface area contributed by atoms with E-state index in [0.717, 1.165) is 25.1 Å². The van der Waals surface area contributed by atoms with E-state index in [4.69, 9.17) is 14.2 Å². The largest absolute Gasteiger partial charge is 0.493 e. The number of rotatable bonds is 5.